The third-order valence-electron chi connectivity index (χ3n) is 3.80. The molecule has 1 aromatic heterocycles. The molecule has 0 bridgehead atoms. The van der Waals surface area contributed by atoms with Gasteiger partial charge in [-0.25, -0.2) is 4.79 Å². The summed E-state index contributed by atoms with van der Waals surface area (Å²) in [4.78, 5) is 10.8. The van der Waals surface area contributed by atoms with E-state index in [4.69, 9.17) is 9.52 Å². The van der Waals surface area contributed by atoms with Crippen LogP contribution in [0.2, 0.25) is 0 Å². The number of nitrogens with one attached hydrogen (secondary N) is 1. The van der Waals surface area contributed by atoms with Gasteiger partial charge < -0.3 is 19.9 Å². The van der Waals surface area contributed by atoms with Crippen LogP contribution in [-0.2, 0) is 6.54 Å². The summed E-state index contributed by atoms with van der Waals surface area (Å²) in [5, 5.41) is 21.6. The largest absolute Gasteiger partial charge is 0.475 e. The number of carboxylic acid groups (broad SMARTS) is 1. The fourth-order valence-electron chi connectivity index (χ4n) is 2.56. The van der Waals surface area contributed by atoms with Crippen LogP contribution in [0.3, 0.4) is 0 Å². The van der Waals surface area contributed by atoms with Crippen LogP contribution in [0.4, 0.5) is 0 Å². The number of aromatic carboxylic acids is 1. The molecule has 0 aromatic carbocycles. The summed E-state index contributed by atoms with van der Waals surface area (Å²) < 4.78 is 5.16. The molecule has 2 rings (SSSR count). The summed E-state index contributed by atoms with van der Waals surface area (Å²) in [6.45, 7) is 3.31. The van der Waals surface area contributed by atoms with Crippen molar-refractivity contribution in [2.24, 2.45) is 5.92 Å². The number of furan rings is 1. The lowest BCUT2D eigenvalue weighted by Gasteiger charge is -2.25. The third-order valence-corrected chi connectivity index (χ3v) is 3.80. The zero-order valence-electron chi connectivity index (χ0n) is 11.2. The Morgan fingerprint density at radius 1 is 1.42 bits per heavy atom. The fourth-order valence-corrected chi connectivity index (χ4v) is 2.56. The Morgan fingerprint density at radius 3 is 2.68 bits per heavy atom. The highest BCUT2D eigenvalue weighted by atomic mass is 16.4. The second-order valence-electron chi connectivity index (χ2n) is 5.30. The Morgan fingerprint density at radius 2 is 2.11 bits per heavy atom. The van der Waals surface area contributed by atoms with Crippen LogP contribution in [-0.4, -0.2) is 28.8 Å². The normalized spacial score (nSPS) is 23.5. The second kappa shape index (κ2) is 6.21. The molecule has 1 fully saturated rings. The van der Waals surface area contributed by atoms with Gasteiger partial charge in [0.05, 0.1) is 6.10 Å². The van der Waals surface area contributed by atoms with Crippen molar-refractivity contribution in [1.29, 1.82) is 0 Å². The number of carbonyl (C=O) groups is 1. The molecule has 0 amide bonds. The molecule has 5 heteroatoms. The highest BCUT2D eigenvalue weighted by molar-refractivity contribution is 5.84. The van der Waals surface area contributed by atoms with Crippen LogP contribution >= 0.6 is 0 Å². The monoisotopic (exact) mass is 267 g/mol. The molecule has 1 heterocycles. The molecule has 1 aliphatic carbocycles. The minimum atomic E-state index is -1.03. The van der Waals surface area contributed by atoms with Gasteiger partial charge in [-0.1, -0.05) is 0 Å². The number of hydrogen-bond acceptors (Lipinski definition) is 4. The Bertz CT molecular complexity index is 433. The van der Waals surface area contributed by atoms with Gasteiger partial charge in [0.25, 0.3) is 0 Å². The molecule has 0 aliphatic heterocycles. The van der Waals surface area contributed by atoms with Crippen LogP contribution in [0.25, 0.3) is 0 Å². The summed E-state index contributed by atoms with van der Waals surface area (Å²) in [6, 6.07) is 1.58. The SMILES string of the molecule is Cc1oc(C(=O)O)cc1CNCC1CCC(O)CC1. The van der Waals surface area contributed by atoms with E-state index in [1.54, 1.807) is 13.0 Å². The zero-order valence-corrected chi connectivity index (χ0v) is 11.2. The molecule has 1 saturated carbocycles. The quantitative estimate of drug-likeness (QED) is 0.759. The second-order valence-corrected chi connectivity index (χ2v) is 5.30. The number of aliphatic hydroxyl groups excluding tert-OH is 1. The van der Waals surface area contributed by atoms with Crippen molar-refractivity contribution in [2.45, 2.75) is 45.3 Å². The molecule has 3 N–H and O–H groups in total. The number of aryl methyl sites for hydroxylation is 1. The van der Waals surface area contributed by atoms with Crippen molar-refractivity contribution < 1.29 is 19.4 Å². The third kappa shape index (κ3) is 3.81. The zero-order chi connectivity index (χ0) is 13.8. The van der Waals surface area contributed by atoms with Crippen molar-refractivity contribution in [3.05, 3.63) is 23.2 Å². The molecule has 5 nitrogen and oxygen atoms in total. The summed E-state index contributed by atoms with van der Waals surface area (Å²) in [7, 11) is 0. The minimum Gasteiger partial charge on any atom is -0.475 e. The number of aliphatic hydroxyl groups is 1. The van der Waals surface area contributed by atoms with Crippen molar-refractivity contribution >= 4 is 5.97 Å². The first-order valence-electron chi connectivity index (χ1n) is 6.77. The van der Waals surface area contributed by atoms with Crippen molar-refractivity contribution in [2.75, 3.05) is 6.54 Å². The van der Waals surface area contributed by atoms with E-state index in [9.17, 15) is 9.90 Å². The van der Waals surface area contributed by atoms with Crippen LogP contribution in [0.5, 0.6) is 0 Å². The van der Waals surface area contributed by atoms with Gasteiger partial charge in [-0.05, 0) is 51.1 Å². The highest BCUT2D eigenvalue weighted by Gasteiger charge is 2.19. The van der Waals surface area contributed by atoms with Crippen molar-refractivity contribution in [3.63, 3.8) is 0 Å². The predicted octanol–water partition coefficient (Wildman–Crippen LogP) is 1.93. The van der Waals surface area contributed by atoms with E-state index in [1.165, 1.54) is 0 Å². The molecule has 0 spiro atoms. The van der Waals surface area contributed by atoms with Gasteiger partial charge in [0.2, 0.25) is 5.76 Å². The summed E-state index contributed by atoms with van der Waals surface area (Å²) in [5.74, 6) is 0.226. The first-order valence-corrected chi connectivity index (χ1v) is 6.77. The number of carboxylic acids is 1. The fraction of sp³-hybridized carbons (Fsp3) is 0.643. The Labute approximate surface area is 112 Å². The standard InChI is InChI=1S/C14H21NO4/c1-9-11(6-13(19-9)14(17)18)8-15-7-10-2-4-12(16)5-3-10/h6,10,12,15-16H,2-5,7-8H2,1H3,(H,17,18). The summed E-state index contributed by atoms with van der Waals surface area (Å²) in [5.41, 5.74) is 0.897. The smallest absolute Gasteiger partial charge is 0.371 e. The molecule has 1 aliphatic rings. The van der Waals surface area contributed by atoms with E-state index in [2.05, 4.69) is 5.32 Å². The Hall–Kier alpha value is -1.33. The Balaban J connectivity index is 1.78. The van der Waals surface area contributed by atoms with Gasteiger partial charge in [-0.15, -0.1) is 0 Å². The average molecular weight is 267 g/mol. The van der Waals surface area contributed by atoms with Crippen LogP contribution in [0, 0.1) is 12.8 Å². The summed E-state index contributed by atoms with van der Waals surface area (Å²) in [6.07, 6.45) is 3.77. The lowest BCUT2D eigenvalue weighted by Crippen LogP contribution is -2.27. The van der Waals surface area contributed by atoms with Gasteiger partial charge in [0.1, 0.15) is 5.76 Å². The van der Waals surface area contributed by atoms with E-state index in [0.717, 1.165) is 37.8 Å². The molecule has 19 heavy (non-hydrogen) atoms. The minimum absolute atomic E-state index is 0.00455. The maximum absolute atomic E-state index is 10.8. The van der Waals surface area contributed by atoms with E-state index in [0.29, 0.717) is 18.2 Å². The van der Waals surface area contributed by atoms with Crippen LogP contribution in [0.15, 0.2) is 10.5 Å². The molecule has 0 radical (unpaired) electrons. The molecule has 0 unspecified atom stereocenters. The maximum atomic E-state index is 10.8. The molecular weight excluding hydrogens is 246 g/mol. The van der Waals surface area contributed by atoms with E-state index in [-0.39, 0.29) is 11.9 Å². The molecule has 1 aromatic rings. The van der Waals surface area contributed by atoms with E-state index >= 15 is 0 Å². The highest BCUT2D eigenvalue weighted by Crippen LogP contribution is 2.23. The van der Waals surface area contributed by atoms with Gasteiger partial charge in [0, 0.05) is 12.1 Å². The van der Waals surface area contributed by atoms with Crippen LogP contribution in [0.1, 0.15) is 47.6 Å². The average Bonchev–Trinajstić information content (AvgIpc) is 2.74. The number of rotatable bonds is 5. The summed E-state index contributed by atoms with van der Waals surface area (Å²) >= 11 is 0. The van der Waals surface area contributed by atoms with Gasteiger partial charge in [-0.3, -0.25) is 0 Å². The topological polar surface area (TPSA) is 82.7 Å². The van der Waals surface area contributed by atoms with Crippen molar-refractivity contribution in [1.82, 2.24) is 5.32 Å². The Kier molecular flexibility index (Phi) is 4.61. The van der Waals surface area contributed by atoms with Crippen LogP contribution < -0.4 is 5.32 Å². The molecule has 0 atom stereocenters. The first kappa shape index (κ1) is 14.1. The lowest BCUT2D eigenvalue weighted by atomic mass is 9.87. The van der Waals surface area contributed by atoms with Gasteiger partial charge in [-0.2, -0.15) is 0 Å². The molecule has 106 valence electrons. The van der Waals surface area contributed by atoms with E-state index in [1.807, 2.05) is 0 Å². The van der Waals surface area contributed by atoms with E-state index < -0.39 is 5.97 Å². The maximum Gasteiger partial charge on any atom is 0.371 e. The lowest BCUT2D eigenvalue weighted by molar-refractivity contribution is 0.0661. The molecular formula is C14H21NO4. The van der Waals surface area contributed by atoms with Crippen molar-refractivity contribution in [3.8, 4) is 0 Å². The molecule has 0 saturated heterocycles. The van der Waals surface area contributed by atoms with Gasteiger partial charge in [0.15, 0.2) is 0 Å². The van der Waals surface area contributed by atoms with Gasteiger partial charge >= 0.3 is 5.97 Å². The first-order chi connectivity index (χ1) is 9.06. The number of hydrogen-bond donors (Lipinski definition) is 3. The predicted molar refractivity (Wildman–Crippen MR) is 70.1 cm³/mol.